The van der Waals surface area contributed by atoms with Gasteiger partial charge in [-0.3, -0.25) is 9.78 Å². The van der Waals surface area contributed by atoms with Gasteiger partial charge < -0.3 is 14.8 Å². The molecule has 0 spiro atoms. The van der Waals surface area contributed by atoms with E-state index in [2.05, 4.69) is 20.5 Å². The number of hydrogen-bond donors (Lipinski definition) is 1. The minimum atomic E-state index is -0.293. The average molecular weight is 452 g/mol. The van der Waals surface area contributed by atoms with E-state index in [9.17, 15) is 4.79 Å². The summed E-state index contributed by atoms with van der Waals surface area (Å²) in [6, 6.07) is 19.9. The lowest BCUT2D eigenvalue weighted by Gasteiger charge is -2.11. The van der Waals surface area contributed by atoms with Gasteiger partial charge in [0.1, 0.15) is 11.5 Å². The van der Waals surface area contributed by atoms with Crippen molar-refractivity contribution in [2.75, 3.05) is 19.5 Å². The van der Waals surface area contributed by atoms with Crippen LogP contribution in [0, 0.1) is 0 Å². The quantitative estimate of drug-likeness (QED) is 0.413. The first-order chi connectivity index (χ1) is 16.7. The molecule has 0 fully saturated rings. The molecule has 0 aliphatic carbocycles. The van der Waals surface area contributed by atoms with E-state index in [1.165, 1.54) is 7.11 Å². The molecule has 9 nitrogen and oxygen atoms in total. The number of amides is 1. The highest BCUT2D eigenvalue weighted by Gasteiger charge is 2.15. The van der Waals surface area contributed by atoms with Gasteiger partial charge in [-0.15, -0.1) is 10.2 Å². The zero-order valence-electron chi connectivity index (χ0n) is 18.5. The highest BCUT2D eigenvalue weighted by molar-refractivity contribution is 6.06. The summed E-state index contributed by atoms with van der Waals surface area (Å²) >= 11 is 0. The summed E-state index contributed by atoms with van der Waals surface area (Å²) < 4.78 is 12.2. The maximum absolute atomic E-state index is 12.9. The molecule has 2 aromatic carbocycles. The monoisotopic (exact) mass is 452 g/mol. The molecule has 3 heterocycles. The van der Waals surface area contributed by atoms with E-state index in [0.29, 0.717) is 39.9 Å². The fourth-order valence-electron chi connectivity index (χ4n) is 3.56. The van der Waals surface area contributed by atoms with E-state index in [-0.39, 0.29) is 5.91 Å². The number of carbonyl (C=O) groups is 1. The fraction of sp³-hybridized carbons (Fsp3) is 0.0800. The Morgan fingerprint density at radius 1 is 0.882 bits per heavy atom. The number of aromatic nitrogens is 5. The molecule has 5 rings (SSSR count). The third-order valence-corrected chi connectivity index (χ3v) is 5.27. The molecule has 1 N–H and O–H groups in total. The van der Waals surface area contributed by atoms with Gasteiger partial charge in [0, 0.05) is 35.3 Å². The van der Waals surface area contributed by atoms with E-state index >= 15 is 0 Å². The van der Waals surface area contributed by atoms with Gasteiger partial charge in [0.2, 0.25) is 0 Å². The second-order valence-corrected chi connectivity index (χ2v) is 7.35. The summed E-state index contributed by atoms with van der Waals surface area (Å²) in [5.41, 5.74) is 4.06. The molecule has 34 heavy (non-hydrogen) atoms. The van der Waals surface area contributed by atoms with Crippen LogP contribution in [0.3, 0.4) is 0 Å². The summed E-state index contributed by atoms with van der Waals surface area (Å²) in [6.07, 6.45) is 3.40. The molecule has 0 unspecified atom stereocenters. The van der Waals surface area contributed by atoms with Crippen LogP contribution in [0.1, 0.15) is 10.4 Å². The summed E-state index contributed by atoms with van der Waals surface area (Å²) in [5.74, 6) is 1.36. The van der Waals surface area contributed by atoms with Crippen LogP contribution in [-0.2, 0) is 0 Å². The highest BCUT2D eigenvalue weighted by atomic mass is 16.5. The molecule has 0 saturated heterocycles. The number of nitrogens with zero attached hydrogens (tertiary/aromatic N) is 5. The Hall–Kier alpha value is -4.79. The normalized spacial score (nSPS) is 10.8. The maximum Gasteiger partial charge on any atom is 0.259 e. The number of ether oxygens (including phenoxy) is 2. The van der Waals surface area contributed by atoms with Crippen molar-refractivity contribution < 1.29 is 14.3 Å². The van der Waals surface area contributed by atoms with Crippen LogP contribution in [0.4, 0.5) is 5.69 Å². The van der Waals surface area contributed by atoms with E-state index in [1.54, 1.807) is 42.2 Å². The summed E-state index contributed by atoms with van der Waals surface area (Å²) in [4.78, 5) is 17.0. The van der Waals surface area contributed by atoms with Crippen molar-refractivity contribution in [2.45, 2.75) is 0 Å². The molecule has 0 atom stereocenters. The molecule has 5 aromatic rings. The molecular weight excluding hydrogens is 432 g/mol. The Morgan fingerprint density at radius 2 is 1.74 bits per heavy atom. The highest BCUT2D eigenvalue weighted by Crippen LogP contribution is 2.27. The van der Waals surface area contributed by atoms with Crippen molar-refractivity contribution in [2.24, 2.45) is 0 Å². The Balaban J connectivity index is 1.45. The van der Waals surface area contributed by atoms with Crippen molar-refractivity contribution in [3.05, 3.63) is 84.7 Å². The van der Waals surface area contributed by atoms with E-state index in [0.717, 1.165) is 11.1 Å². The van der Waals surface area contributed by atoms with Crippen LogP contribution >= 0.6 is 0 Å². The maximum atomic E-state index is 12.9. The predicted molar refractivity (Wildman–Crippen MR) is 127 cm³/mol. The third-order valence-electron chi connectivity index (χ3n) is 5.27. The first-order valence-electron chi connectivity index (χ1n) is 10.4. The minimum Gasteiger partial charge on any atom is -0.497 e. The average Bonchev–Trinajstić information content (AvgIpc) is 3.32. The molecule has 0 saturated carbocycles. The molecule has 1 amide bonds. The van der Waals surface area contributed by atoms with Crippen LogP contribution < -0.4 is 14.8 Å². The van der Waals surface area contributed by atoms with Gasteiger partial charge in [0.05, 0.1) is 25.5 Å². The van der Waals surface area contributed by atoms with Crippen LogP contribution in [0.2, 0.25) is 0 Å². The van der Waals surface area contributed by atoms with E-state index in [4.69, 9.17) is 14.6 Å². The number of hydrogen-bond acceptors (Lipinski definition) is 7. The lowest BCUT2D eigenvalue weighted by Crippen LogP contribution is -2.13. The number of methoxy groups -OCH3 is 2. The number of anilines is 1. The Kier molecular flexibility index (Phi) is 5.57. The number of fused-ring (bicyclic) bond motifs is 1. The summed E-state index contributed by atoms with van der Waals surface area (Å²) in [7, 11) is 3.07. The molecule has 168 valence electrons. The van der Waals surface area contributed by atoms with Gasteiger partial charge in [-0.25, -0.2) is 0 Å². The van der Waals surface area contributed by atoms with Gasteiger partial charge in [0.25, 0.3) is 5.91 Å². The summed E-state index contributed by atoms with van der Waals surface area (Å²) in [5, 5.41) is 16.1. The van der Waals surface area contributed by atoms with E-state index in [1.807, 2.05) is 48.5 Å². The summed E-state index contributed by atoms with van der Waals surface area (Å²) in [6.45, 7) is 0. The molecule has 0 bridgehead atoms. The zero-order chi connectivity index (χ0) is 23.5. The van der Waals surface area contributed by atoms with Gasteiger partial charge in [-0.05, 0) is 48.5 Å². The largest absolute Gasteiger partial charge is 0.497 e. The molecule has 0 aliphatic heterocycles. The van der Waals surface area contributed by atoms with Crippen molar-refractivity contribution in [1.29, 1.82) is 0 Å². The van der Waals surface area contributed by atoms with Crippen molar-refractivity contribution in [1.82, 2.24) is 24.8 Å². The molecular formula is C25H20N6O3. The smallest absolute Gasteiger partial charge is 0.259 e. The molecule has 3 aromatic heterocycles. The molecule has 0 radical (unpaired) electrons. The van der Waals surface area contributed by atoms with Crippen LogP contribution in [0.5, 0.6) is 11.5 Å². The topological polar surface area (TPSA) is 104 Å². The van der Waals surface area contributed by atoms with Crippen LogP contribution in [-0.4, -0.2) is 44.9 Å². The number of nitrogens with one attached hydrogen (secondary N) is 1. The first kappa shape index (κ1) is 21.1. The van der Waals surface area contributed by atoms with Crippen molar-refractivity contribution in [3.63, 3.8) is 0 Å². The van der Waals surface area contributed by atoms with Gasteiger partial charge in [-0.1, -0.05) is 12.1 Å². The number of rotatable bonds is 6. The standard InChI is InChI=1S/C25H20N6O3/c1-33-19-6-7-20(22(15-19)34-2)25(32)27-18-5-3-4-17(14-18)21-8-9-23-28-29-24(31(23)30-21)16-10-12-26-13-11-16/h3-15H,1-2H3,(H,27,32). The zero-order valence-corrected chi connectivity index (χ0v) is 18.5. The van der Waals surface area contributed by atoms with Crippen molar-refractivity contribution in [3.8, 4) is 34.1 Å². The Labute approximate surface area is 195 Å². The SMILES string of the molecule is COc1ccc(C(=O)Nc2cccc(-c3ccc4nnc(-c5ccncc5)n4n3)c2)c(OC)c1. The number of pyridine rings is 1. The number of benzene rings is 2. The van der Waals surface area contributed by atoms with Crippen LogP contribution in [0.25, 0.3) is 28.3 Å². The van der Waals surface area contributed by atoms with Crippen molar-refractivity contribution >= 4 is 17.2 Å². The third kappa shape index (κ3) is 4.02. The van der Waals surface area contributed by atoms with E-state index < -0.39 is 0 Å². The fourth-order valence-corrected chi connectivity index (χ4v) is 3.56. The second-order valence-electron chi connectivity index (χ2n) is 7.35. The van der Waals surface area contributed by atoms with Crippen LogP contribution in [0.15, 0.2) is 79.1 Å². The number of carbonyl (C=O) groups excluding carboxylic acids is 1. The molecule has 0 aliphatic rings. The second kappa shape index (κ2) is 8.99. The first-order valence-corrected chi connectivity index (χ1v) is 10.4. The Morgan fingerprint density at radius 3 is 2.53 bits per heavy atom. The Bertz CT molecular complexity index is 1480. The van der Waals surface area contributed by atoms with Gasteiger partial charge >= 0.3 is 0 Å². The molecule has 9 heteroatoms. The lowest BCUT2D eigenvalue weighted by molar-refractivity contribution is 0.102. The van der Waals surface area contributed by atoms with Gasteiger partial charge in [-0.2, -0.15) is 9.61 Å². The predicted octanol–water partition coefficient (Wildman–Crippen LogP) is 4.12. The minimum absolute atomic E-state index is 0.293. The van der Waals surface area contributed by atoms with Gasteiger partial charge in [0.15, 0.2) is 11.5 Å². The lowest BCUT2D eigenvalue weighted by atomic mass is 10.1.